The lowest BCUT2D eigenvalue weighted by Gasteiger charge is -2.24. The van der Waals surface area contributed by atoms with Crippen LogP contribution in [0.3, 0.4) is 0 Å². The molecule has 3 aromatic rings. The van der Waals surface area contributed by atoms with E-state index in [9.17, 15) is 13.2 Å². The highest BCUT2D eigenvalue weighted by Crippen LogP contribution is 2.26. The Kier molecular flexibility index (Phi) is 9.24. The minimum atomic E-state index is -3.91. The SMILES string of the molecule is Cc1ccc(S(=O)(=O)N(CC(=O)NCCCSCc2ccco2)c2ccc(C(C)C)cc2)cc1. The average molecular weight is 501 g/mol. The second kappa shape index (κ2) is 12.1. The molecule has 2 aromatic carbocycles. The van der Waals surface area contributed by atoms with E-state index in [1.54, 1.807) is 54.4 Å². The number of anilines is 1. The first-order valence-corrected chi connectivity index (χ1v) is 13.9. The van der Waals surface area contributed by atoms with Gasteiger partial charge in [0.05, 0.1) is 22.6 Å². The fourth-order valence-corrected chi connectivity index (χ4v) is 5.61. The summed E-state index contributed by atoms with van der Waals surface area (Å²) >= 11 is 1.73. The quantitative estimate of drug-likeness (QED) is 0.339. The Morgan fingerprint density at radius 3 is 2.38 bits per heavy atom. The molecule has 0 saturated heterocycles. The number of hydrogen-bond acceptors (Lipinski definition) is 5. The summed E-state index contributed by atoms with van der Waals surface area (Å²) < 4.78 is 33.4. The Morgan fingerprint density at radius 2 is 1.76 bits per heavy atom. The van der Waals surface area contributed by atoms with Crippen LogP contribution in [-0.4, -0.2) is 33.2 Å². The number of aryl methyl sites for hydroxylation is 1. The van der Waals surface area contributed by atoms with Gasteiger partial charge < -0.3 is 9.73 Å². The molecule has 0 aliphatic heterocycles. The number of nitrogens with one attached hydrogen (secondary N) is 1. The highest BCUT2D eigenvalue weighted by Gasteiger charge is 2.27. The van der Waals surface area contributed by atoms with Crippen LogP contribution in [0, 0.1) is 6.92 Å². The summed E-state index contributed by atoms with van der Waals surface area (Å²) in [6.45, 7) is 6.26. The molecule has 0 saturated carbocycles. The molecule has 0 fully saturated rings. The van der Waals surface area contributed by atoms with E-state index in [1.807, 2.05) is 31.2 Å². The summed E-state index contributed by atoms with van der Waals surface area (Å²) in [4.78, 5) is 12.9. The van der Waals surface area contributed by atoms with Gasteiger partial charge in [-0.1, -0.05) is 43.7 Å². The third kappa shape index (κ3) is 7.14. The van der Waals surface area contributed by atoms with Crippen LogP contribution in [0.2, 0.25) is 0 Å². The molecule has 0 spiro atoms. The van der Waals surface area contributed by atoms with Crippen LogP contribution in [0.25, 0.3) is 0 Å². The third-order valence-corrected chi connectivity index (χ3v) is 8.21. The molecule has 0 unspecified atom stereocenters. The molecule has 34 heavy (non-hydrogen) atoms. The van der Waals surface area contributed by atoms with E-state index in [2.05, 4.69) is 19.2 Å². The van der Waals surface area contributed by atoms with Gasteiger partial charge >= 0.3 is 0 Å². The summed E-state index contributed by atoms with van der Waals surface area (Å²) in [6, 6.07) is 17.8. The van der Waals surface area contributed by atoms with Crippen molar-refractivity contribution in [3.63, 3.8) is 0 Å². The molecule has 182 valence electrons. The Labute approximate surface area is 206 Å². The van der Waals surface area contributed by atoms with Crippen molar-refractivity contribution in [2.45, 2.75) is 43.8 Å². The van der Waals surface area contributed by atoms with Crippen molar-refractivity contribution < 1.29 is 17.6 Å². The van der Waals surface area contributed by atoms with Crippen LogP contribution >= 0.6 is 11.8 Å². The van der Waals surface area contributed by atoms with Gasteiger partial charge in [0.15, 0.2) is 0 Å². The molecule has 1 heterocycles. The van der Waals surface area contributed by atoms with Crippen LogP contribution in [0.4, 0.5) is 5.69 Å². The summed E-state index contributed by atoms with van der Waals surface area (Å²) in [5.74, 6) is 2.57. The zero-order valence-electron chi connectivity index (χ0n) is 19.9. The summed E-state index contributed by atoms with van der Waals surface area (Å²) in [6.07, 6.45) is 2.44. The normalized spacial score (nSPS) is 11.5. The maximum absolute atomic E-state index is 13.5. The van der Waals surface area contributed by atoms with Gasteiger partial charge in [-0.3, -0.25) is 9.10 Å². The first-order valence-electron chi connectivity index (χ1n) is 11.3. The lowest BCUT2D eigenvalue weighted by molar-refractivity contribution is -0.119. The Morgan fingerprint density at radius 1 is 1.06 bits per heavy atom. The van der Waals surface area contributed by atoms with Gasteiger partial charge in [0.1, 0.15) is 12.3 Å². The molecule has 6 nitrogen and oxygen atoms in total. The topological polar surface area (TPSA) is 79.6 Å². The molecule has 1 N–H and O–H groups in total. The monoisotopic (exact) mass is 500 g/mol. The second-order valence-electron chi connectivity index (χ2n) is 8.41. The van der Waals surface area contributed by atoms with E-state index < -0.39 is 10.0 Å². The van der Waals surface area contributed by atoms with Crippen LogP contribution in [-0.2, 0) is 20.6 Å². The Balaban J connectivity index is 1.65. The number of amides is 1. The number of thioether (sulfide) groups is 1. The van der Waals surface area contributed by atoms with Gasteiger partial charge in [0.25, 0.3) is 10.0 Å². The fourth-order valence-electron chi connectivity index (χ4n) is 3.33. The molecule has 0 radical (unpaired) electrons. The molecule has 0 atom stereocenters. The number of hydrogen-bond donors (Lipinski definition) is 1. The fraction of sp³-hybridized carbons (Fsp3) is 0.346. The maximum Gasteiger partial charge on any atom is 0.264 e. The van der Waals surface area contributed by atoms with E-state index in [-0.39, 0.29) is 17.3 Å². The molecule has 3 rings (SSSR count). The second-order valence-corrected chi connectivity index (χ2v) is 11.4. The standard InChI is InChI=1S/C26H32N2O4S2/c1-20(2)22-9-11-23(12-10-22)28(34(30,31)25-13-7-21(3)8-14-25)18-26(29)27-15-5-17-33-19-24-6-4-16-32-24/h4,6-14,16,20H,5,15,17-19H2,1-3H3,(H,27,29). The smallest absolute Gasteiger partial charge is 0.264 e. The van der Waals surface area contributed by atoms with Crippen LogP contribution in [0.1, 0.15) is 43.1 Å². The highest BCUT2D eigenvalue weighted by atomic mass is 32.2. The van der Waals surface area contributed by atoms with E-state index in [0.29, 0.717) is 18.2 Å². The number of benzene rings is 2. The van der Waals surface area contributed by atoms with Crippen LogP contribution < -0.4 is 9.62 Å². The van der Waals surface area contributed by atoms with E-state index in [0.717, 1.165) is 34.8 Å². The van der Waals surface area contributed by atoms with Crippen molar-refractivity contribution in [3.8, 4) is 0 Å². The highest BCUT2D eigenvalue weighted by molar-refractivity contribution is 7.98. The van der Waals surface area contributed by atoms with Gasteiger partial charge in [-0.2, -0.15) is 11.8 Å². The lowest BCUT2D eigenvalue weighted by Crippen LogP contribution is -2.41. The molecule has 0 aliphatic rings. The predicted octanol–water partition coefficient (Wildman–Crippen LogP) is 5.35. The Hall–Kier alpha value is -2.71. The van der Waals surface area contributed by atoms with Crippen molar-refractivity contribution in [1.29, 1.82) is 0 Å². The first kappa shape index (κ1) is 25.9. The van der Waals surface area contributed by atoms with Crippen molar-refractivity contribution in [2.75, 3.05) is 23.1 Å². The number of sulfonamides is 1. The predicted molar refractivity (Wildman–Crippen MR) is 139 cm³/mol. The minimum Gasteiger partial charge on any atom is -0.468 e. The largest absolute Gasteiger partial charge is 0.468 e. The molecule has 0 bridgehead atoms. The van der Waals surface area contributed by atoms with Crippen molar-refractivity contribution >= 4 is 33.4 Å². The van der Waals surface area contributed by atoms with E-state index in [4.69, 9.17) is 4.42 Å². The molecule has 1 aromatic heterocycles. The molecular weight excluding hydrogens is 468 g/mol. The van der Waals surface area contributed by atoms with E-state index >= 15 is 0 Å². The molecule has 0 aliphatic carbocycles. The number of rotatable bonds is 12. The van der Waals surface area contributed by atoms with Crippen molar-refractivity contribution in [3.05, 3.63) is 83.8 Å². The van der Waals surface area contributed by atoms with Crippen LogP contribution in [0.15, 0.2) is 76.2 Å². The first-order chi connectivity index (χ1) is 16.3. The van der Waals surface area contributed by atoms with E-state index in [1.165, 1.54) is 4.31 Å². The number of nitrogens with zero attached hydrogens (tertiary/aromatic N) is 1. The van der Waals surface area contributed by atoms with Crippen molar-refractivity contribution in [1.82, 2.24) is 5.32 Å². The lowest BCUT2D eigenvalue weighted by atomic mass is 10.0. The number of carbonyl (C=O) groups excluding carboxylic acids is 1. The van der Waals surface area contributed by atoms with Gasteiger partial charge in [-0.25, -0.2) is 8.42 Å². The van der Waals surface area contributed by atoms with Gasteiger partial charge in [0.2, 0.25) is 5.91 Å². The maximum atomic E-state index is 13.5. The summed E-state index contributed by atoms with van der Waals surface area (Å²) in [5, 5.41) is 2.86. The van der Waals surface area contributed by atoms with Gasteiger partial charge in [0, 0.05) is 6.54 Å². The number of furan rings is 1. The van der Waals surface area contributed by atoms with Crippen molar-refractivity contribution in [2.24, 2.45) is 0 Å². The molecule has 8 heteroatoms. The van der Waals surface area contributed by atoms with Gasteiger partial charge in [-0.15, -0.1) is 0 Å². The molecule has 1 amide bonds. The average Bonchev–Trinajstić information content (AvgIpc) is 3.33. The van der Waals surface area contributed by atoms with Crippen LogP contribution in [0.5, 0.6) is 0 Å². The summed E-state index contributed by atoms with van der Waals surface area (Å²) in [5.41, 5.74) is 2.54. The number of carbonyl (C=O) groups is 1. The Bertz CT molecular complexity index is 1140. The minimum absolute atomic E-state index is 0.160. The zero-order chi connectivity index (χ0) is 24.6. The third-order valence-electron chi connectivity index (χ3n) is 5.36. The summed E-state index contributed by atoms with van der Waals surface area (Å²) in [7, 11) is -3.91. The molecular formula is C26H32N2O4S2. The zero-order valence-corrected chi connectivity index (χ0v) is 21.5. The van der Waals surface area contributed by atoms with Gasteiger partial charge in [-0.05, 0) is 67.0 Å².